The van der Waals surface area contributed by atoms with Crippen molar-refractivity contribution in [2.45, 2.75) is 56.0 Å². The van der Waals surface area contributed by atoms with Crippen LogP contribution in [0.4, 0.5) is 13.2 Å². The van der Waals surface area contributed by atoms with Crippen molar-refractivity contribution >= 4 is 29.7 Å². The minimum Gasteiger partial charge on any atom is -0.342 e. The van der Waals surface area contributed by atoms with Crippen molar-refractivity contribution in [2.24, 2.45) is 11.8 Å². The third-order valence-corrected chi connectivity index (χ3v) is 9.64. The minimum absolute atomic E-state index is 0.0180. The number of nitrogens with zero attached hydrogens (tertiary/aromatic N) is 2. The highest BCUT2D eigenvalue weighted by atomic mass is 32.2. The van der Waals surface area contributed by atoms with Crippen LogP contribution >= 0.6 is 11.8 Å². The zero-order valence-electron chi connectivity index (χ0n) is 21.5. The molecule has 3 unspecified atom stereocenters. The Morgan fingerprint density at radius 1 is 1.00 bits per heavy atom. The molecule has 2 amide bonds. The van der Waals surface area contributed by atoms with E-state index in [2.05, 4.69) is 24.3 Å². The predicted molar refractivity (Wildman–Crippen MR) is 144 cm³/mol. The number of rotatable bonds is 4. The number of benzene rings is 2. The highest BCUT2D eigenvalue weighted by molar-refractivity contribution is 8.04. The molecule has 202 valence electrons. The summed E-state index contributed by atoms with van der Waals surface area (Å²) in [5, 5.41) is 0.180. The van der Waals surface area contributed by atoms with Crippen molar-refractivity contribution in [1.29, 1.82) is 0 Å². The molecular formula is C30H33F3N2O2S. The number of carbonyl (C=O) groups is 2. The quantitative estimate of drug-likeness (QED) is 0.428. The lowest BCUT2D eigenvalue weighted by Crippen LogP contribution is -2.53. The second-order valence-corrected chi connectivity index (χ2v) is 12.0. The number of alkyl halides is 3. The third kappa shape index (κ3) is 5.95. The van der Waals surface area contributed by atoms with E-state index in [0.29, 0.717) is 22.8 Å². The van der Waals surface area contributed by atoms with E-state index in [1.54, 1.807) is 18.0 Å². The molecule has 4 nitrogen and oxygen atoms in total. The zero-order valence-corrected chi connectivity index (χ0v) is 22.3. The summed E-state index contributed by atoms with van der Waals surface area (Å²) in [5.74, 6) is 0.619. The lowest BCUT2D eigenvalue weighted by molar-refractivity contribution is -0.140. The first-order valence-corrected chi connectivity index (χ1v) is 14.2. The van der Waals surface area contributed by atoms with Crippen molar-refractivity contribution in [1.82, 2.24) is 9.80 Å². The summed E-state index contributed by atoms with van der Waals surface area (Å²) in [6.07, 6.45) is 2.68. The number of likely N-dealkylation sites (N-methyl/N-ethyl adjacent to an activating group) is 1. The molecule has 0 radical (unpaired) electrons. The Morgan fingerprint density at radius 2 is 1.68 bits per heavy atom. The molecule has 2 heterocycles. The monoisotopic (exact) mass is 542 g/mol. The summed E-state index contributed by atoms with van der Waals surface area (Å²) in [5.41, 5.74) is 1.22. The molecule has 0 aromatic heterocycles. The number of carbonyl (C=O) groups excluding carboxylic acids is 2. The minimum atomic E-state index is -4.39. The van der Waals surface area contributed by atoms with Crippen LogP contribution in [0.3, 0.4) is 0 Å². The Hall–Kier alpha value is -2.74. The van der Waals surface area contributed by atoms with Crippen LogP contribution in [0.2, 0.25) is 0 Å². The first-order chi connectivity index (χ1) is 18.2. The Labute approximate surface area is 226 Å². The van der Waals surface area contributed by atoms with Crippen molar-refractivity contribution in [3.63, 3.8) is 0 Å². The van der Waals surface area contributed by atoms with Gasteiger partial charge in [-0.1, -0.05) is 42.5 Å². The maximum absolute atomic E-state index is 13.4. The standard InChI is InChI=1S/C30H33F3N2O2S/c1-34-25-19-23(28(36)35-15-13-22(14-16-35)17-20-5-3-2-4-6-20)9-12-26(25)38-27(29(34)37)18-21-7-10-24(11-8-21)30(31,32)33/h2-8,10-11,18,22-23,25-26H,9,12-17,19H2,1H3/b27-18-. The number of fused-ring (bicyclic) bond motifs is 1. The largest absolute Gasteiger partial charge is 0.416 e. The number of thioether (sulfide) groups is 1. The van der Waals surface area contributed by atoms with Crippen LogP contribution < -0.4 is 0 Å². The number of likely N-dealkylation sites (tertiary alicyclic amines) is 1. The van der Waals surface area contributed by atoms with Gasteiger partial charge in [0.2, 0.25) is 5.91 Å². The Bertz CT molecular complexity index is 1170. The highest BCUT2D eigenvalue weighted by Crippen LogP contribution is 2.44. The number of amides is 2. The summed E-state index contributed by atoms with van der Waals surface area (Å²) < 4.78 is 38.6. The van der Waals surface area contributed by atoms with Gasteiger partial charge in [-0.05, 0) is 73.8 Å². The fraction of sp³-hybridized carbons (Fsp3) is 0.467. The van der Waals surface area contributed by atoms with E-state index in [0.717, 1.165) is 57.3 Å². The molecule has 38 heavy (non-hydrogen) atoms. The Balaban J connectivity index is 1.17. The van der Waals surface area contributed by atoms with Crippen LogP contribution in [-0.2, 0) is 22.2 Å². The molecule has 1 aliphatic carbocycles. The average molecular weight is 543 g/mol. The second-order valence-electron chi connectivity index (χ2n) is 10.7. The van der Waals surface area contributed by atoms with Gasteiger partial charge in [0.05, 0.1) is 10.5 Å². The fourth-order valence-corrected chi connectivity index (χ4v) is 7.48. The molecule has 1 saturated carbocycles. The maximum atomic E-state index is 13.4. The van der Waals surface area contributed by atoms with E-state index < -0.39 is 11.7 Å². The SMILES string of the molecule is CN1C(=O)/C(=C/c2ccc(C(F)(F)F)cc2)SC2CCC(C(=O)N3CCC(Cc4ccccc4)CC3)CC21. The van der Waals surface area contributed by atoms with Gasteiger partial charge in [-0.25, -0.2) is 0 Å². The molecule has 0 spiro atoms. The average Bonchev–Trinajstić information content (AvgIpc) is 2.92. The van der Waals surface area contributed by atoms with E-state index in [9.17, 15) is 22.8 Å². The van der Waals surface area contributed by atoms with Gasteiger partial charge in [-0.2, -0.15) is 13.2 Å². The van der Waals surface area contributed by atoms with E-state index in [-0.39, 0.29) is 29.0 Å². The van der Waals surface area contributed by atoms with E-state index >= 15 is 0 Å². The van der Waals surface area contributed by atoms with Gasteiger partial charge >= 0.3 is 6.18 Å². The van der Waals surface area contributed by atoms with Gasteiger partial charge in [0.1, 0.15) is 0 Å². The molecule has 3 aliphatic rings. The molecule has 5 rings (SSSR count). The third-order valence-electron chi connectivity index (χ3n) is 8.24. The summed E-state index contributed by atoms with van der Waals surface area (Å²) in [6, 6.07) is 15.4. The van der Waals surface area contributed by atoms with Crippen LogP contribution in [0, 0.1) is 11.8 Å². The molecule has 2 aromatic carbocycles. The van der Waals surface area contributed by atoms with Crippen molar-refractivity contribution in [3.8, 4) is 0 Å². The molecule has 3 fully saturated rings. The molecule has 0 N–H and O–H groups in total. The van der Waals surface area contributed by atoms with Crippen LogP contribution in [-0.4, -0.2) is 53.0 Å². The zero-order chi connectivity index (χ0) is 26.9. The fourth-order valence-electron chi connectivity index (χ4n) is 6.00. The smallest absolute Gasteiger partial charge is 0.342 e. The lowest BCUT2D eigenvalue weighted by Gasteiger charge is -2.45. The van der Waals surface area contributed by atoms with Crippen LogP contribution in [0.15, 0.2) is 59.5 Å². The van der Waals surface area contributed by atoms with Crippen molar-refractivity contribution in [3.05, 3.63) is 76.2 Å². The van der Waals surface area contributed by atoms with Crippen LogP contribution in [0.5, 0.6) is 0 Å². The topological polar surface area (TPSA) is 40.6 Å². The van der Waals surface area contributed by atoms with Gasteiger partial charge in [0.25, 0.3) is 5.91 Å². The van der Waals surface area contributed by atoms with Gasteiger partial charge in [-0.3, -0.25) is 9.59 Å². The van der Waals surface area contributed by atoms with Crippen molar-refractivity contribution in [2.75, 3.05) is 20.1 Å². The number of piperidine rings is 1. The van der Waals surface area contributed by atoms with Gasteiger partial charge in [-0.15, -0.1) is 11.8 Å². The van der Waals surface area contributed by atoms with E-state index in [4.69, 9.17) is 0 Å². The summed E-state index contributed by atoms with van der Waals surface area (Å²) >= 11 is 1.51. The molecule has 3 atom stereocenters. The van der Waals surface area contributed by atoms with Crippen LogP contribution in [0.1, 0.15) is 48.8 Å². The van der Waals surface area contributed by atoms with Crippen LogP contribution in [0.25, 0.3) is 6.08 Å². The lowest BCUT2D eigenvalue weighted by atomic mass is 9.82. The normalized spacial score (nSPS) is 25.9. The highest BCUT2D eigenvalue weighted by Gasteiger charge is 2.44. The Kier molecular flexibility index (Phi) is 7.89. The summed E-state index contributed by atoms with van der Waals surface area (Å²) in [4.78, 5) is 30.9. The van der Waals surface area contributed by atoms with E-state index in [1.807, 2.05) is 11.0 Å². The van der Waals surface area contributed by atoms with Gasteiger partial charge in [0.15, 0.2) is 0 Å². The number of hydrogen-bond acceptors (Lipinski definition) is 3. The molecule has 0 bridgehead atoms. The molecule has 2 aromatic rings. The molecule has 2 saturated heterocycles. The first kappa shape index (κ1) is 26.9. The van der Waals surface area contributed by atoms with E-state index in [1.165, 1.54) is 29.5 Å². The molecular weight excluding hydrogens is 509 g/mol. The Morgan fingerprint density at radius 3 is 2.34 bits per heavy atom. The van der Waals surface area contributed by atoms with Crippen molar-refractivity contribution < 1.29 is 22.8 Å². The predicted octanol–water partition coefficient (Wildman–Crippen LogP) is 6.27. The van der Waals surface area contributed by atoms with Gasteiger partial charge in [0, 0.05) is 37.3 Å². The maximum Gasteiger partial charge on any atom is 0.416 e. The molecule has 2 aliphatic heterocycles. The summed E-state index contributed by atoms with van der Waals surface area (Å²) in [7, 11) is 1.78. The second kappa shape index (κ2) is 11.2. The molecule has 8 heteroatoms. The van der Waals surface area contributed by atoms with Gasteiger partial charge < -0.3 is 9.80 Å². The first-order valence-electron chi connectivity index (χ1n) is 13.3. The number of halogens is 3. The number of hydrogen-bond donors (Lipinski definition) is 0. The summed E-state index contributed by atoms with van der Waals surface area (Å²) in [6.45, 7) is 1.59.